The third-order valence-corrected chi connectivity index (χ3v) is 6.60. The topological polar surface area (TPSA) is 58.2 Å². The molecule has 2 aromatic carbocycles. The minimum absolute atomic E-state index is 0.0526. The molecule has 2 atom stereocenters. The van der Waals surface area contributed by atoms with E-state index in [0.29, 0.717) is 43.7 Å². The van der Waals surface area contributed by atoms with Crippen LogP contribution in [0.4, 0.5) is 0 Å². The zero-order chi connectivity index (χ0) is 18.4. The molecular formula is C23H24N2O2. The van der Waals surface area contributed by atoms with E-state index in [-0.39, 0.29) is 17.7 Å². The van der Waals surface area contributed by atoms with Gasteiger partial charge in [-0.1, -0.05) is 48.5 Å². The highest BCUT2D eigenvalue weighted by Gasteiger charge is 2.43. The zero-order valence-corrected chi connectivity index (χ0v) is 15.3. The van der Waals surface area contributed by atoms with Gasteiger partial charge in [0.15, 0.2) is 0 Å². The lowest BCUT2D eigenvalue weighted by Gasteiger charge is -2.45. The van der Waals surface area contributed by atoms with Gasteiger partial charge in [-0.3, -0.25) is 9.59 Å². The van der Waals surface area contributed by atoms with Crippen LogP contribution >= 0.6 is 0 Å². The standard InChI is InChI=1S/C23H24N2O2/c26-21-10-9-14(12-24-21)23(27)25-13-15-11-20-16-5-1-3-7-18(16)22(15)19-8-4-2-6-17(19)20/h1-8,14-15,20,22H,9-13H2,(H,24,26)(H,25,27)/t14-,15+,20?,22?/m0/s1. The number of nitrogens with one attached hydrogen (secondary N) is 2. The first kappa shape index (κ1) is 16.5. The van der Waals surface area contributed by atoms with Gasteiger partial charge in [0.05, 0.1) is 5.92 Å². The van der Waals surface area contributed by atoms with Gasteiger partial charge < -0.3 is 10.6 Å². The van der Waals surface area contributed by atoms with Gasteiger partial charge >= 0.3 is 0 Å². The van der Waals surface area contributed by atoms with Gasteiger partial charge in [-0.05, 0) is 41.0 Å². The van der Waals surface area contributed by atoms with E-state index in [1.165, 1.54) is 22.3 Å². The van der Waals surface area contributed by atoms with E-state index < -0.39 is 0 Å². The van der Waals surface area contributed by atoms with E-state index in [2.05, 4.69) is 59.2 Å². The molecule has 1 saturated heterocycles. The maximum Gasteiger partial charge on any atom is 0.224 e. The van der Waals surface area contributed by atoms with Crippen molar-refractivity contribution in [3.63, 3.8) is 0 Å². The average Bonchev–Trinajstić information content (AvgIpc) is 2.72. The summed E-state index contributed by atoms with van der Waals surface area (Å²) in [6.45, 7) is 1.17. The van der Waals surface area contributed by atoms with Gasteiger partial charge in [-0.2, -0.15) is 0 Å². The van der Waals surface area contributed by atoms with Gasteiger partial charge in [-0.15, -0.1) is 0 Å². The van der Waals surface area contributed by atoms with Crippen LogP contribution in [-0.2, 0) is 9.59 Å². The van der Waals surface area contributed by atoms with Crippen LogP contribution in [0, 0.1) is 11.8 Å². The average molecular weight is 360 g/mol. The van der Waals surface area contributed by atoms with Crippen LogP contribution < -0.4 is 10.6 Å². The second-order valence-corrected chi connectivity index (χ2v) is 8.07. The van der Waals surface area contributed by atoms with Crippen LogP contribution in [0.3, 0.4) is 0 Å². The van der Waals surface area contributed by atoms with Crippen LogP contribution in [0.15, 0.2) is 48.5 Å². The predicted molar refractivity (Wildman–Crippen MR) is 103 cm³/mol. The summed E-state index contributed by atoms with van der Waals surface area (Å²) in [5.41, 5.74) is 5.77. The maximum atomic E-state index is 12.6. The van der Waals surface area contributed by atoms with Crippen LogP contribution in [0.2, 0.25) is 0 Å². The summed E-state index contributed by atoms with van der Waals surface area (Å²) >= 11 is 0. The van der Waals surface area contributed by atoms with Crippen molar-refractivity contribution in [1.82, 2.24) is 10.6 Å². The van der Waals surface area contributed by atoms with Crippen molar-refractivity contribution in [2.24, 2.45) is 11.8 Å². The minimum Gasteiger partial charge on any atom is -0.355 e. The zero-order valence-electron chi connectivity index (χ0n) is 15.3. The Morgan fingerprint density at radius 2 is 1.63 bits per heavy atom. The normalized spacial score (nSPS) is 28.1. The Bertz CT molecular complexity index is 849. The van der Waals surface area contributed by atoms with Crippen molar-refractivity contribution < 1.29 is 9.59 Å². The molecule has 0 unspecified atom stereocenters. The third-order valence-electron chi connectivity index (χ3n) is 6.60. The van der Waals surface area contributed by atoms with Gasteiger partial charge in [0.2, 0.25) is 11.8 Å². The summed E-state index contributed by atoms with van der Waals surface area (Å²) in [4.78, 5) is 23.9. The molecule has 2 aromatic rings. The number of hydrogen-bond acceptors (Lipinski definition) is 2. The first-order chi connectivity index (χ1) is 13.2. The van der Waals surface area contributed by atoms with Crippen molar-refractivity contribution >= 4 is 11.8 Å². The quantitative estimate of drug-likeness (QED) is 0.884. The summed E-state index contributed by atoms with van der Waals surface area (Å²) < 4.78 is 0. The molecule has 0 saturated carbocycles. The van der Waals surface area contributed by atoms with Crippen LogP contribution in [-0.4, -0.2) is 24.9 Å². The number of benzene rings is 2. The van der Waals surface area contributed by atoms with E-state index in [9.17, 15) is 9.59 Å². The Labute approximate surface area is 159 Å². The number of fused-ring (bicyclic) bond motifs is 1. The molecule has 2 N–H and O–H groups in total. The number of amides is 2. The highest BCUT2D eigenvalue weighted by Crippen LogP contribution is 2.55. The molecule has 1 heterocycles. The summed E-state index contributed by atoms with van der Waals surface area (Å²) in [5, 5.41) is 6.00. The van der Waals surface area contributed by atoms with Gasteiger partial charge in [0.25, 0.3) is 0 Å². The van der Waals surface area contributed by atoms with E-state index >= 15 is 0 Å². The number of piperidine rings is 1. The first-order valence-corrected chi connectivity index (χ1v) is 9.94. The molecule has 4 nitrogen and oxygen atoms in total. The number of rotatable bonds is 3. The van der Waals surface area contributed by atoms with Crippen molar-refractivity contribution in [3.05, 3.63) is 70.8 Å². The molecule has 4 aliphatic rings. The molecule has 1 fully saturated rings. The summed E-state index contributed by atoms with van der Waals surface area (Å²) in [6.07, 6.45) is 2.19. The van der Waals surface area contributed by atoms with Gasteiger partial charge in [0, 0.05) is 31.3 Å². The summed E-state index contributed by atoms with van der Waals surface area (Å²) in [7, 11) is 0. The lowest BCUT2D eigenvalue weighted by molar-refractivity contribution is -0.129. The SMILES string of the molecule is O=C1CC[C@H](C(=O)NC[C@H]2CC3c4ccccc4C2c2ccccc23)CN1. The van der Waals surface area contributed by atoms with E-state index in [1.807, 2.05) is 0 Å². The van der Waals surface area contributed by atoms with Crippen molar-refractivity contribution in [3.8, 4) is 0 Å². The van der Waals surface area contributed by atoms with Gasteiger partial charge in [0.1, 0.15) is 0 Å². The summed E-state index contributed by atoms with van der Waals surface area (Å²) in [6, 6.07) is 17.6. The second-order valence-electron chi connectivity index (χ2n) is 8.07. The lowest BCUT2D eigenvalue weighted by atomic mass is 9.59. The molecule has 2 bridgehead atoms. The molecule has 6 rings (SSSR count). The highest BCUT2D eigenvalue weighted by molar-refractivity contribution is 5.83. The molecule has 2 amide bonds. The van der Waals surface area contributed by atoms with E-state index in [1.54, 1.807) is 0 Å². The van der Waals surface area contributed by atoms with Crippen molar-refractivity contribution in [2.45, 2.75) is 31.1 Å². The van der Waals surface area contributed by atoms with Crippen LogP contribution in [0.25, 0.3) is 0 Å². The molecule has 4 heteroatoms. The Hall–Kier alpha value is -2.62. The highest BCUT2D eigenvalue weighted by atomic mass is 16.2. The Morgan fingerprint density at radius 3 is 2.22 bits per heavy atom. The molecule has 27 heavy (non-hydrogen) atoms. The minimum atomic E-state index is -0.0944. The Morgan fingerprint density at radius 1 is 1.00 bits per heavy atom. The molecule has 1 aliphatic heterocycles. The molecule has 0 radical (unpaired) electrons. The number of carbonyl (C=O) groups is 2. The molecule has 0 aromatic heterocycles. The smallest absolute Gasteiger partial charge is 0.224 e. The molecule has 0 spiro atoms. The van der Waals surface area contributed by atoms with Crippen molar-refractivity contribution in [2.75, 3.05) is 13.1 Å². The third kappa shape index (κ3) is 2.75. The predicted octanol–water partition coefficient (Wildman–Crippen LogP) is 2.93. The first-order valence-electron chi connectivity index (χ1n) is 9.94. The maximum absolute atomic E-state index is 12.6. The molecular weight excluding hydrogens is 336 g/mol. The lowest BCUT2D eigenvalue weighted by Crippen LogP contribution is -2.45. The van der Waals surface area contributed by atoms with Crippen LogP contribution in [0.5, 0.6) is 0 Å². The van der Waals surface area contributed by atoms with Crippen LogP contribution in [0.1, 0.15) is 53.4 Å². The monoisotopic (exact) mass is 360 g/mol. The molecule has 3 aliphatic carbocycles. The fraction of sp³-hybridized carbons (Fsp3) is 0.391. The summed E-state index contributed by atoms with van der Waals surface area (Å²) in [5.74, 6) is 1.24. The van der Waals surface area contributed by atoms with E-state index in [0.717, 1.165) is 6.42 Å². The molecule has 138 valence electrons. The Balaban J connectivity index is 1.36. The fourth-order valence-corrected chi connectivity index (χ4v) is 5.29. The Kier molecular flexibility index (Phi) is 4.00. The van der Waals surface area contributed by atoms with E-state index in [4.69, 9.17) is 0 Å². The fourth-order valence-electron chi connectivity index (χ4n) is 5.29. The van der Waals surface area contributed by atoms with Gasteiger partial charge in [-0.25, -0.2) is 0 Å². The second kappa shape index (κ2) is 6.52. The number of carbonyl (C=O) groups excluding carboxylic acids is 2. The van der Waals surface area contributed by atoms with Crippen molar-refractivity contribution in [1.29, 1.82) is 0 Å². The number of hydrogen-bond donors (Lipinski definition) is 2. The largest absolute Gasteiger partial charge is 0.355 e.